The summed E-state index contributed by atoms with van der Waals surface area (Å²) >= 11 is 1.19. The van der Waals surface area contributed by atoms with E-state index >= 15 is 0 Å². The van der Waals surface area contributed by atoms with E-state index in [2.05, 4.69) is 4.98 Å². The van der Waals surface area contributed by atoms with E-state index in [0.717, 1.165) is 0 Å². The Balaban J connectivity index is 2.37. The van der Waals surface area contributed by atoms with Gasteiger partial charge in [-0.25, -0.2) is 9.37 Å². The van der Waals surface area contributed by atoms with Crippen LogP contribution in [0.2, 0.25) is 0 Å². The molecule has 5 heteroatoms. The summed E-state index contributed by atoms with van der Waals surface area (Å²) in [5.74, 6) is -0.448. The number of nitrogens with zero attached hydrogens (tertiary/aromatic N) is 2. The van der Waals surface area contributed by atoms with Crippen LogP contribution in [0.1, 0.15) is 9.67 Å². The molecule has 0 aliphatic carbocycles. The van der Waals surface area contributed by atoms with E-state index < -0.39 is 0 Å². The van der Waals surface area contributed by atoms with Crippen molar-refractivity contribution < 1.29 is 9.18 Å². The van der Waals surface area contributed by atoms with Crippen molar-refractivity contribution in [2.45, 2.75) is 0 Å². The standard InChI is InChI=1S/C12H11FN2OS/c1-15(2)12(16)10-7-14-11(17-10)8-5-3-4-6-9(8)13/h3-7H,1-2H3. The third-order valence-corrected chi connectivity index (χ3v) is 3.25. The summed E-state index contributed by atoms with van der Waals surface area (Å²) in [7, 11) is 3.34. The van der Waals surface area contributed by atoms with Crippen molar-refractivity contribution in [1.29, 1.82) is 0 Å². The minimum absolute atomic E-state index is 0.120. The molecular weight excluding hydrogens is 239 g/mol. The lowest BCUT2D eigenvalue weighted by Crippen LogP contribution is -2.20. The summed E-state index contributed by atoms with van der Waals surface area (Å²) in [6.45, 7) is 0. The Bertz CT molecular complexity index is 551. The lowest BCUT2D eigenvalue weighted by atomic mass is 10.2. The first-order valence-electron chi connectivity index (χ1n) is 5.02. The summed E-state index contributed by atoms with van der Waals surface area (Å²) in [5, 5.41) is 0.522. The number of benzene rings is 1. The van der Waals surface area contributed by atoms with Crippen molar-refractivity contribution in [1.82, 2.24) is 9.88 Å². The molecule has 3 nitrogen and oxygen atoms in total. The molecule has 0 N–H and O–H groups in total. The molecule has 0 saturated carbocycles. The number of thiazole rings is 1. The van der Waals surface area contributed by atoms with Gasteiger partial charge in [-0.1, -0.05) is 12.1 Å². The van der Waals surface area contributed by atoms with Crippen LogP contribution in [-0.4, -0.2) is 29.9 Å². The van der Waals surface area contributed by atoms with Crippen molar-refractivity contribution in [3.63, 3.8) is 0 Å². The van der Waals surface area contributed by atoms with Gasteiger partial charge in [-0.3, -0.25) is 4.79 Å². The molecule has 88 valence electrons. The Kier molecular flexibility index (Phi) is 3.19. The second-order valence-electron chi connectivity index (χ2n) is 3.71. The van der Waals surface area contributed by atoms with E-state index in [9.17, 15) is 9.18 Å². The molecule has 0 aliphatic rings. The molecule has 0 atom stereocenters. The van der Waals surface area contributed by atoms with Gasteiger partial charge in [0.15, 0.2) is 0 Å². The maximum atomic E-state index is 13.5. The van der Waals surface area contributed by atoms with Crippen LogP contribution in [0.5, 0.6) is 0 Å². The quantitative estimate of drug-likeness (QED) is 0.821. The predicted molar refractivity (Wildman–Crippen MR) is 65.5 cm³/mol. The van der Waals surface area contributed by atoms with Gasteiger partial charge in [-0.2, -0.15) is 0 Å². The number of carbonyl (C=O) groups is 1. The van der Waals surface area contributed by atoms with Crippen molar-refractivity contribution >= 4 is 17.2 Å². The van der Waals surface area contributed by atoms with Crippen molar-refractivity contribution in [3.8, 4) is 10.6 Å². The van der Waals surface area contributed by atoms with Crippen molar-refractivity contribution in [3.05, 3.63) is 41.2 Å². The second kappa shape index (κ2) is 4.63. The fourth-order valence-corrected chi connectivity index (χ4v) is 2.32. The highest BCUT2D eigenvalue weighted by Gasteiger charge is 2.14. The average Bonchev–Trinajstić information content (AvgIpc) is 2.77. The zero-order valence-electron chi connectivity index (χ0n) is 9.48. The Morgan fingerprint density at radius 1 is 1.35 bits per heavy atom. The molecule has 0 aliphatic heterocycles. The van der Waals surface area contributed by atoms with Gasteiger partial charge in [-0.15, -0.1) is 11.3 Å². The number of hydrogen-bond acceptors (Lipinski definition) is 3. The molecule has 2 aromatic rings. The Hall–Kier alpha value is -1.75. The minimum Gasteiger partial charge on any atom is -0.344 e. The lowest BCUT2D eigenvalue weighted by molar-refractivity contribution is 0.0832. The Morgan fingerprint density at radius 2 is 2.06 bits per heavy atom. The van der Waals surface area contributed by atoms with Gasteiger partial charge in [0.05, 0.1) is 6.20 Å². The van der Waals surface area contributed by atoms with E-state index in [-0.39, 0.29) is 11.7 Å². The highest BCUT2D eigenvalue weighted by atomic mass is 32.1. The highest BCUT2D eigenvalue weighted by molar-refractivity contribution is 7.16. The van der Waals surface area contributed by atoms with Crippen LogP contribution >= 0.6 is 11.3 Å². The normalized spacial score (nSPS) is 10.3. The van der Waals surface area contributed by atoms with Gasteiger partial charge in [0.2, 0.25) is 0 Å². The molecule has 1 aromatic carbocycles. The molecule has 1 aromatic heterocycles. The van der Waals surface area contributed by atoms with Gasteiger partial charge in [0, 0.05) is 19.7 Å². The van der Waals surface area contributed by atoms with Crippen LogP contribution in [0.3, 0.4) is 0 Å². The zero-order valence-corrected chi connectivity index (χ0v) is 10.3. The molecule has 0 radical (unpaired) electrons. The van der Waals surface area contributed by atoms with Gasteiger partial charge in [0.25, 0.3) is 5.91 Å². The monoisotopic (exact) mass is 250 g/mol. The molecule has 2 rings (SSSR count). The molecule has 1 amide bonds. The number of hydrogen-bond donors (Lipinski definition) is 0. The van der Waals surface area contributed by atoms with E-state index in [1.807, 2.05) is 0 Å². The molecule has 0 bridgehead atoms. The van der Waals surface area contributed by atoms with Crippen LogP contribution in [0.4, 0.5) is 4.39 Å². The van der Waals surface area contributed by atoms with Gasteiger partial charge in [0.1, 0.15) is 15.7 Å². The molecule has 17 heavy (non-hydrogen) atoms. The number of rotatable bonds is 2. The van der Waals surface area contributed by atoms with E-state index in [0.29, 0.717) is 15.4 Å². The molecule has 0 spiro atoms. The van der Waals surface area contributed by atoms with Gasteiger partial charge in [-0.05, 0) is 12.1 Å². The van der Waals surface area contributed by atoms with Gasteiger partial charge < -0.3 is 4.90 Å². The fourth-order valence-electron chi connectivity index (χ4n) is 1.35. The molecular formula is C12H11FN2OS. The van der Waals surface area contributed by atoms with E-state index in [1.54, 1.807) is 32.3 Å². The first kappa shape index (κ1) is 11.7. The van der Waals surface area contributed by atoms with Crippen molar-refractivity contribution in [2.24, 2.45) is 0 Å². The summed E-state index contributed by atoms with van der Waals surface area (Å²) in [5.41, 5.74) is 0.426. The summed E-state index contributed by atoms with van der Waals surface area (Å²) in [4.78, 5) is 17.7. The Morgan fingerprint density at radius 3 is 2.71 bits per heavy atom. The van der Waals surface area contributed by atoms with Gasteiger partial charge >= 0.3 is 0 Å². The number of halogens is 1. The minimum atomic E-state index is -0.328. The summed E-state index contributed by atoms with van der Waals surface area (Å²) in [6.07, 6.45) is 1.48. The Labute approximate surface area is 103 Å². The maximum Gasteiger partial charge on any atom is 0.265 e. The second-order valence-corrected chi connectivity index (χ2v) is 4.74. The molecule has 0 fully saturated rings. The smallest absolute Gasteiger partial charge is 0.265 e. The van der Waals surface area contributed by atoms with E-state index in [1.165, 1.54) is 28.5 Å². The largest absolute Gasteiger partial charge is 0.344 e. The fraction of sp³-hybridized carbons (Fsp3) is 0.167. The summed E-state index contributed by atoms with van der Waals surface area (Å²) < 4.78 is 13.5. The molecule has 1 heterocycles. The number of amides is 1. The first-order valence-corrected chi connectivity index (χ1v) is 5.83. The van der Waals surface area contributed by atoms with Crippen LogP contribution < -0.4 is 0 Å². The third-order valence-electron chi connectivity index (χ3n) is 2.23. The molecule has 0 saturated heterocycles. The number of aromatic nitrogens is 1. The first-order chi connectivity index (χ1) is 8.09. The van der Waals surface area contributed by atoms with Crippen molar-refractivity contribution in [2.75, 3.05) is 14.1 Å². The third kappa shape index (κ3) is 2.34. The highest BCUT2D eigenvalue weighted by Crippen LogP contribution is 2.27. The average molecular weight is 250 g/mol. The topological polar surface area (TPSA) is 33.2 Å². The number of carbonyl (C=O) groups excluding carboxylic acids is 1. The molecule has 0 unspecified atom stereocenters. The van der Waals surface area contributed by atoms with Crippen LogP contribution in [0.15, 0.2) is 30.5 Å². The van der Waals surface area contributed by atoms with E-state index in [4.69, 9.17) is 0 Å². The van der Waals surface area contributed by atoms with Crippen LogP contribution in [0.25, 0.3) is 10.6 Å². The predicted octanol–water partition coefficient (Wildman–Crippen LogP) is 2.65. The SMILES string of the molecule is CN(C)C(=O)c1cnc(-c2ccccc2F)s1. The maximum absolute atomic E-state index is 13.5. The van der Waals surface area contributed by atoms with Crippen LogP contribution in [0, 0.1) is 5.82 Å². The lowest BCUT2D eigenvalue weighted by Gasteiger charge is -2.06. The van der Waals surface area contributed by atoms with Crippen LogP contribution in [-0.2, 0) is 0 Å². The zero-order chi connectivity index (χ0) is 12.4. The summed E-state index contributed by atoms with van der Waals surface area (Å²) in [6, 6.07) is 6.40.